The number of hydrogen-bond donors (Lipinski definition) is 1. The lowest BCUT2D eigenvalue weighted by molar-refractivity contribution is -0.479. The summed E-state index contributed by atoms with van der Waals surface area (Å²) in [5.41, 5.74) is 2.40. The highest BCUT2D eigenvalue weighted by molar-refractivity contribution is 4.62. The van der Waals surface area contributed by atoms with E-state index in [0.717, 1.165) is 0 Å². The molecule has 0 fully saturated rings. The van der Waals surface area contributed by atoms with E-state index >= 15 is 0 Å². The van der Waals surface area contributed by atoms with Gasteiger partial charge in [-0.05, 0) is 0 Å². The van der Waals surface area contributed by atoms with Crippen LogP contribution in [0.4, 0.5) is 0 Å². The van der Waals surface area contributed by atoms with Crippen LogP contribution in [0.25, 0.3) is 0 Å². The van der Waals surface area contributed by atoms with E-state index in [2.05, 4.69) is 16.9 Å². The van der Waals surface area contributed by atoms with Crippen molar-refractivity contribution in [3.63, 3.8) is 0 Å². The maximum atomic E-state index is 9.72. The highest BCUT2D eigenvalue weighted by Gasteiger charge is 1.93. The number of nitrogens with one attached hydrogen (secondary N) is 1. The second-order valence-corrected chi connectivity index (χ2v) is 1.55. The smallest absolute Gasteiger partial charge is 0.218 e. The van der Waals surface area contributed by atoms with Crippen molar-refractivity contribution in [2.75, 3.05) is 19.7 Å². The fraction of sp³-hybridized carbons (Fsp3) is 0.600. The van der Waals surface area contributed by atoms with Crippen LogP contribution in [0.15, 0.2) is 12.7 Å². The SMILES string of the molecule is C=CCONCC[N+](=O)[O-]. The molecule has 0 heterocycles. The molecule has 0 atom stereocenters. The summed E-state index contributed by atoms with van der Waals surface area (Å²) in [6.07, 6.45) is 1.55. The Bertz CT molecular complexity index is 115. The minimum absolute atomic E-state index is 0.128. The van der Waals surface area contributed by atoms with Crippen LogP contribution in [0.2, 0.25) is 0 Å². The van der Waals surface area contributed by atoms with Gasteiger partial charge in [0, 0.05) is 4.92 Å². The van der Waals surface area contributed by atoms with Crippen molar-refractivity contribution in [2.24, 2.45) is 0 Å². The zero-order valence-electron chi connectivity index (χ0n) is 5.58. The Hall–Kier alpha value is -0.940. The van der Waals surface area contributed by atoms with E-state index in [1.165, 1.54) is 0 Å². The number of rotatable bonds is 6. The lowest BCUT2D eigenvalue weighted by atomic mass is 10.7. The maximum absolute atomic E-state index is 9.72. The average molecular weight is 146 g/mol. The van der Waals surface area contributed by atoms with Crippen molar-refractivity contribution < 1.29 is 9.76 Å². The van der Waals surface area contributed by atoms with Gasteiger partial charge < -0.3 is 0 Å². The van der Waals surface area contributed by atoms with E-state index in [4.69, 9.17) is 0 Å². The Morgan fingerprint density at radius 2 is 2.50 bits per heavy atom. The number of nitrogens with zero attached hydrogens (tertiary/aromatic N) is 1. The molecule has 0 unspecified atom stereocenters. The molecular weight excluding hydrogens is 136 g/mol. The normalized spacial score (nSPS) is 9.20. The molecule has 0 amide bonds. The molecule has 0 saturated heterocycles. The Morgan fingerprint density at radius 1 is 1.80 bits per heavy atom. The first-order valence-corrected chi connectivity index (χ1v) is 2.84. The minimum atomic E-state index is -0.412. The molecule has 0 radical (unpaired) electrons. The first kappa shape index (κ1) is 9.06. The highest BCUT2D eigenvalue weighted by atomic mass is 16.6. The first-order chi connectivity index (χ1) is 4.77. The van der Waals surface area contributed by atoms with E-state index in [9.17, 15) is 10.1 Å². The fourth-order valence-electron chi connectivity index (χ4n) is 0.327. The molecule has 0 aliphatic carbocycles. The van der Waals surface area contributed by atoms with Crippen molar-refractivity contribution >= 4 is 0 Å². The van der Waals surface area contributed by atoms with Crippen molar-refractivity contribution in [2.45, 2.75) is 0 Å². The van der Waals surface area contributed by atoms with Crippen LogP contribution < -0.4 is 5.48 Å². The molecule has 0 aliphatic heterocycles. The lowest BCUT2D eigenvalue weighted by Gasteiger charge is -1.98. The Balaban J connectivity index is 2.90. The van der Waals surface area contributed by atoms with Crippen molar-refractivity contribution in [3.05, 3.63) is 22.8 Å². The predicted octanol–water partition coefficient (Wildman–Crippen LogP) is -0.0297. The molecule has 5 nitrogen and oxygen atoms in total. The summed E-state index contributed by atoms with van der Waals surface area (Å²) >= 11 is 0. The van der Waals surface area contributed by atoms with Gasteiger partial charge in [-0.25, -0.2) is 0 Å². The van der Waals surface area contributed by atoms with Crippen LogP contribution in [-0.4, -0.2) is 24.6 Å². The van der Waals surface area contributed by atoms with Gasteiger partial charge in [-0.2, -0.15) is 5.48 Å². The Morgan fingerprint density at radius 3 is 3.00 bits per heavy atom. The van der Waals surface area contributed by atoms with Crippen LogP contribution in [0.5, 0.6) is 0 Å². The number of hydrogen-bond acceptors (Lipinski definition) is 4. The van der Waals surface area contributed by atoms with Gasteiger partial charge in [0.25, 0.3) is 0 Å². The molecule has 58 valence electrons. The monoisotopic (exact) mass is 146 g/mol. The summed E-state index contributed by atoms with van der Waals surface area (Å²) in [5, 5.41) is 9.72. The van der Waals surface area contributed by atoms with Gasteiger partial charge in [0.1, 0.15) is 0 Å². The fourth-order valence-corrected chi connectivity index (χ4v) is 0.327. The molecule has 0 saturated carbocycles. The maximum Gasteiger partial charge on any atom is 0.218 e. The van der Waals surface area contributed by atoms with Gasteiger partial charge >= 0.3 is 0 Å². The standard InChI is InChI=1S/C5H10N2O3/c1-2-5-10-6-3-4-7(8)9/h2,6H,1,3-5H2. The molecule has 10 heavy (non-hydrogen) atoms. The third-order valence-corrected chi connectivity index (χ3v) is 0.700. The van der Waals surface area contributed by atoms with E-state index < -0.39 is 4.92 Å². The zero-order chi connectivity index (χ0) is 7.82. The summed E-state index contributed by atoms with van der Waals surface area (Å²) in [7, 11) is 0. The second kappa shape index (κ2) is 6.18. The summed E-state index contributed by atoms with van der Waals surface area (Å²) in [4.78, 5) is 14.0. The van der Waals surface area contributed by atoms with Crippen LogP contribution in [0, 0.1) is 10.1 Å². The van der Waals surface area contributed by atoms with Gasteiger partial charge in [-0.15, -0.1) is 6.58 Å². The molecule has 0 aromatic rings. The average Bonchev–Trinajstić information content (AvgIpc) is 1.87. The van der Waals surface area contributed by atoms with E-state index in [1.807, 2.05) is 0 Å². The Kier molecular flexibility index (Phi) is 5.60. The minimum Gasteiger partial charge on any atom is -0.297 e. The number of hydroxylamine groups is 1. The third kappa shape index (κ3) is 7.06. The van der Waals surface area contributed by atoms with Crippen LogP contribution in [0.3, 0.4) is 0 Å². The molecule has 0 aromatic heterocycles. The van der Waals surface area contributed by atoms with Crippen LogP contribution in [-0.2, 0) is 4.84 Å². The molecule has 0 aromatic carbocycles. The lowest BCUT2D eigenvalue weighted by Crippen LogP contribution is -2.22. The summed E-state index contributed by atoms with van der Waals surface area (Å²) in [6, 6.07) is 0. The van der Waals surface area contributed by atoms with Gasteiger partial charge in [0.2, 0.25) is 6.54 Å². The molecule has 5 heteroatoms. The van der Waals surface area contributed by atoms with Gasteiger partial charge in [0.05, 0.1) is 13.2 Å². The zero-order valence-corrected chi connectivity index (χ0v) is 5.58. The van der Waals surface area contributed by atoms with Gasteiger partial charge in [-0.3, -0.25) is 15.0 Å². The molecule has 1 N–H and O–H groups in total. The van der Waals surface area contributed by atoms with Crippen LogP contribution in [0.1, 0.15) is 0 Å². The quantitative estimate of drug-likeness (QED) is 0.247. The molecule has 0 spiro atoms. The summed E-state index contributed by atoms with van der Waals surface area (Å²) in [5.74, 6) is 0. The van der Waals surface area contributed by atoms with Gasteiger partial charge in [-0.1, -0.05) is 6.08 Å². The largest absolute Gasteiger partial charge is 0.297 e. The molecule has 0 bridgehead atoms. The van der Waals surface area contributed by atoms with Crippen molar-refractivity contribution in [1.82, 2.24) is 5.48 Å². The van der Waals surface area contributed by atoms with E-state index in [-0.39, 0.29) is 13.1 Å². The van der Waals surface area contributed by atoms with E-state index in [1.54, 1.807) is 6.08 Å². The van der Waals surface area contributed by atoms with Crippen molar-refractivity contribution in [3.8, 4) is 0 Å². The Labute approximate surface area is 58.8 Å². The van der Waals surface area contributed by atoms with Crippen LogP contribution >= 0.6 is 0 Å². The summed E-state index contributed by atoms with van der Waals surface area (Å²) in [6.45, 7) is 3.85. The second-order valence-electron chi connectivity index (χ2n) is 1.55. The first-order valence-electron chi connectivity index (χ1n) is 2.84. The van der Waals surface area contributed by atoms with Crippen molar-refractivity contribution in [1.29, 1.82) is 0 Å². The molecular formula is C5H10N2O3. The third-order valence-electron chi connectivity index (χ3n) is 0.700. The topological polar surface area (TPSA) is 64.4 Å². The van der Waals surface area contributed by atoms with E-state index in [0.29, 0.717) is 6.61 Å². The predicted molar refractivity (Wildman–Crippen MR) is 36.0 cm³/mol. The molecule has 0 aliphatic rings. The van der Waals surface area contributed by atoms with Gasteiger partial charge in [0.15, 0.2) is 0 Å². The molecule has 0 rings (SSSR count). The summed E-state index contributed by atoms with van der Waals surface area (Å²) < 4.78 is 0. The number of nitro groups is 1. The highest BCUT2D eigenvalue weighted by Crippen LogP contribution is 1.69.